The Hall–Kier alpha value is -3.45. The Morgan fingerprint density at radius 3 is 2.16 bits per heavy atom. The molecule has 1 aliphatic heterocycles. The topological polar surface area (TPSA) is 84.8 Å². The number of aryl methyl sites for hydroxylation is 1. The normalized spacial score (nSPS) is 16.2. The van der Waals surface area contributed by atoms with Crippen LogP contribution in [0.15, 0.2) is 54.9 Å². The van der Waals surface area contributed by atoms with Crippen LogP contribution in [0, 0.1) is 18.3 Å². The zero-order chi connectivity index (χ0) is 31.8. The fraction of sp³-hybridized carbons (Fsp3) is 0.528. The average Bonchev–Trinajstić information content (AvgIpc) is 2.95. The Morgan fingerprint density at radius 2 is 1.63 bits per heavy atom. The van der Waals surface area contributed by atoms with Crippen LogP contribution < -0.4 is 9.64 Å². The highest BCUT2D eigenvalue weighted by molar-refractivity contribution is 5.79. The van der Waals surface area contributed by atoms with Crippen LogP contribution in [-0.4, -0.2) is 46.8 Å². The van der Waals surface area contributed by atoms with Gasteiger partial charge in [0.2, 0.25) is 0 Å². The highest BCUT2D eigenvalue weighted by Gasteiger charge is 2.34. The first-order valence-corrected chi connectivity index (χ1v) is 15.4. The predicted molar refractivity (Wildman–Crippen MR) is 175 cm³/mol. The first kappa shape index (κ1) is 34.0. The fourth-order valence-corrected chi connectivity index (χ4v) is 5.45. The Kier molecular flexibility index (Phi) is 11.7. The number of hydrogen-bond donors (Lipinski definition) is 1. The van der Waals surface area contributed by atoms with Crippen LogP contribution in [0.1, 0.15) is 97.1 Å². The van der Waals surface area contributed by atoms with Crippen molar-refractivity contribution in [3.63, 3.8) is 0 Å². The molecule has 234 valence electrons. The quantitative estimate of drug-likeness (QED) is 0.251. The van der Waals surface area contributed by atoms with E-state index >= 15 is 0 Å². The van der Waals surface area contributed by atoms with Gasteiger partial charge in [0.05, 0.1) is 35.9 Å². The summed E-state index contributed by atoms with van der Waals surface area (Å²) in [6, 6.07) is 14.6. The first-order valence-electron chi connectivity index (χ1n) is 15.4. The Balaban J connectivity index is 0.00000162. The second kappa shape index (κ2) is 14.8. The van der Waals surface area contributed by atoms with E-state index in [2.05, 4.69) is 97.5 Å². The van der Waals surface area contributed by atoms with Crippen molar-refractivity contribution < 1.29 is 19.4 Å². The highest BCUT2D eigenvalue weighted by Crippen LogP contribution is 2.45. The molecule has 4 rings (SSSR count). The van der Waals surface area contributed by atoms with Crippen molar-refractivity contribution >= 4 is 12.2 Å². The van der Waals surface area contributed by atoms with E-state index in [-0.39, 0.29) is 18.2 Å². The van der Waals surface area contributed by atoms with Gasteiger partial charge >= 0.3 is 0 Å². The van der Waals surface area contributed by atoms with E-state index in [1.807, 2.05) is 24.5 Å². The second-order valence-corrected chi connectivity index (χ2v) is 13.7. The Labute approximate surface area is 258 Å². The first-order chi connectivity index (χ1) is 20.3. The average molecular weight is 590 g/mol. The smallest absolute Gasteiger partial charge is 0.290 e. The molecule has 2 aromatic heterocycles. The number of aromatic nitrogens is 2. The van der Waals surface area contributed by atoms with Crippen molar-refractivity contribution in [3.05, 3.63) is 71.7 Å². The third-order valence-electron chi connectivity index (χ3n) is 7.97. The van der Waals surface area contributed by atoms with Crippen LogP contribution >= 0.6 is 0 Å². The van der Waals surface area contributed by atoms with Gasteiger partial charge in [0, 0.05) is 42.0 Å². The lowest BCUT2D eigenvalue weighted by molar-refractivity contribution is -0.122. The van der Waals surface area contributed by atoms with Crippen LogP contribution in [-0.2, 0) is 9.53 Å². The van der Waals surface area contributed by atoms with Crippen LogP contribution in [0.2, 0.25) is 0 Å². The minimum absolute atomic E-state index is 0.0699. The van der Waals surface area contributed by atoms with E-state index < -0.39 is 0 Å². The van der Waals surface area contributed by atoms with E-state index in [9.17, 15) is 0 Å². The third-order valence-corrected chi connectivity index (χ3v) is 7.97. The molecule has 3 aromatic rings. The zero-order valence-corrected chi connectivity index (χ0v) is 27.6. The molecule has 43 heavy (non-hydrogen) atoms. The molecule has 0 saturated carbocycles. The predicted octanol–water partition coefficient (Wildman–Crippen LogP) is 8.47. The van der Waals surface area contributed by atoms with Gasteiger partial charge < -0.3 is 19.5 Å². The van der Waals surface area contributed by atoms with Crippen LogP contribution in [0.25, 0.3) is 11.3 Å². The molecule has 1 fully saturated rings. The van der Waals surface area contributed by atoms with Crippen LogP contribution in [0.4, 0.5) is 5.69 Å². The van der Waals surface area contributed by atoms with Crippen molar-refractivity contribution in [3.8, 4) is 17.0 Å². The molecule has 1 saturated heterocycles. The van der Waals surface area contributed by atoms with Crippen molar-refractivity contribution in [2.45, 2.75) is 92.8 Å². The molecular formula is C36H51N3O4. The van der Waals surface area contributed by atoms with Crippen molar-refractivity contribution in [2.24, 2.45) is 11.3 Å². The number of carbonyl (C=O) groups is 1. The molecule has 0 aliphatic carbocycles. The molecule has 2 unspecified atom stereocenters. The van der Waals surface area contributed by atoms with Gasteiger partial charge in [-0.05, 0) is 69.6 Å². The van der Waals surface area contributed by atoms with E-state index in [0.717, 1.165) is 48.6 Å². The van der Waals surface area contributed by atoms with E-state index in [1.54, 1.807) is 0 Å². The van der Waals surface area contributed by atoms with E-state index in [1.165, 1.54) is 16.8 Å². The summed E-state index contributed by atoms with van der Waals surface area (Å²) in [4.78, 5) is 20.7. The summed E-state index contributed by atoms with van der Waals surface area (Å²) >= 11 is 0. The van der Waals surface area contributed by atoms with Gasteiger partial charge in [-0.2, -0.15) is 0 Å². The monoisotopic (exact) mass is 589 g/mol. The maximum Gasteiger partial charge on any atom is 0.290 e. The van der Waals surface area contributed by atoms with Crippen molar-refractivity contribution in [1.29, 1.82) is 0 Å². The number of nitrogens with zero attached hydrogens (tertiary/aromatic N) is 3. The van der Waals surface area contributed by atoms with Gasteiger partial charge in [-0.15, -0.1) is 0 Å². The maximum absolute atomic E-state index is 8.36. The molecule has 1 N–H and O–H groups in total. The molecule has 3 heterocycles. The number of carboxylic acid groups (broad SMARTS) is 1. The molecule has 0 amide bonds. The molecule has 0 radical (unpaired) electrons. The number of benzene rings is 1. The summed E-state index contributed by atoms with van der Waals surface area (Å²) in [5.74, 6) is 1.38. The van der Waals surface area contributed by atoms with Crippen LogP contribution in [0.5, 0.6) is 5.75 Å². The molecular weight excluding hydrogens is 538 g/mol. The van der Waals surface area contributed by atoms with Gasteiger partial charge in [-0.1, -0.05) is 65.0 Å². The number of hydrogen-bond acceptors (Lipinski definition) is 6. The molecule has 1 aliphatic rings. The molecule has 1 aromatic carbocycles. The second-order valence-electron chi connectivity index (χ2n) is 13.7. The molecule has 0 spiro atoms. The Morgan fingerprint density at radius 1 is 1.00 bits per heavy atom. The highest BCUT2D eigenvalue weighted by atomic mass is 16.5. The minimum atomic E-state index is -0.271. The maximum atomic E-state index is 8.36. The summed E-state index contributed by atoms with van der Waals surface area (Å²) in [5.41, 5.74) is 6.78. The van der Waals surface area contributed by atoms with E-state index in [4.69, 9.17) is 29.3 Å². The number of ether oxygens (including phenoxy) is 2. The minimum Gasteiger partial charge on any atom is -0.491 e. The number of piperidine rings is 1. The van der Waals surface area contributed by atoms with Gasteiger partial charge in [0.15, 0.2) is 0 Å². The number of anilines is 1. The summed E-state index contributed by atoms with van der Waals surface area (Å²) < 4.78 is 12.9. The largest absolute Gasteiger partial charge is 0.491 e. The molecule has 0 bridgehead atoms. The van der Waals surface area contributed by atoms with Gasteiger partial charge in [0.1, 0.15) is 5.75 Å². The molecule has 2 atom stereocenters. The zero-order valence-electron chi connectivity index (χ0n) is 27.6. The van der Waals surface area contributed by atoms with Crippen molar-refractivity contribution in [2.75, 3.05) is 24.6 Å². The SMILES string of the molecule is Cc1ncc(-c2ccc(OCC(C)c3ccccc3)cn2)c(N2CCC(C)(C)CC2)c1C(OC(C)(C)C)C(C)C.O=CO. The number of pyridine rings is 2. The Bertz CT molecular complexity index is 1290. The van der Waals surface area contributed by atoms with Gasteiger partial charge in [-0.25, -0.2) is 0 Å². The lowest BCUT2D eigenvalue weighted by Gasteiger charge is -2.41. The summed E-state index contributed by atoms with van der Waals surface area (Å²) in [7, 11) is 0. The fourth-order valence-electron chi connectivity index (χ4n) is 5.45. The van der Waals surface area contributed by atoms with Gasteiger partial charge in [0.25, 0.3) is 6.47 Å². The lowest BCUT2D eigenvalue weighted by Crippen LogP contribution is -2.39. The van der Waals surface area contributed by atoms with Gasteiger partial charge in [-0.3, -0.25) is 14.8 Å². The number of rotatable bonds is 9. The summed E-state index contributed by atoms with van der Waals surface area (Å²) in [6.07, 6.45) is 6.09. The van der Waals surface area contributed by atoms with Crippen molar-refractivity contribution in [1.82, 2.24) is 9.97 Å². The summed E-state index contributed by atoms with van der Waals surface area (Å²) in [6.45, 7) is 22.3. The third kappa shape index (κ3) is 9.52. The standard InChI is InChI=1S/C35H49N3O2.CH2O2/c1-24(2)33(40-34(5,6)7)31-26(4)36-22-29(32(31)38-19-17-35(8,9)18-20-38)30-16-15-28(21-37-30)39-23-25(3)27-13-11-10-12-14-27;2-1-3/h10-16,21-22,24-25,33H,17-20,23H2,1-9H3;1H,(H,2,3). The van der Waals surface area contributed by atoms with Crippen LogP contribution in [0.3, 0.4) is 0 Å². The molecule has 7 heteroatoms. The van der Waals surface area contributed by atoms with E-state index in [0.29, 0.717) is 23.9 Å². The lowest BCUT2D eigenvalue weighted by atomic mass is 9.82. The molecule has 7 nitrogen and oxygen atoms in total. The summed E-state index contributed by atoms with van der Waals surface area (Å²) in [5, 5.41) is 6.89.